The first-order valence-corrected chi connectivity index (χ1v) is 6.71. The molecule has 0 aliphatic heterocycles. The van der Waals surface area contributed by atoms with Crippen LogP contribution in [0.3, 0.4) is 0 Å². The number of furan rings is 1. The zero-order valence-electron chi connectivity index (χ0n) is 11.8. The zero-order chi connectivity index (χ0) is 13.9. The standard InChI is InChI=1S/C17H18N2O/c1-19(2)15-8-5-7-14(11-15)18-12-16-10-13-6-3-4-9-17(13)20-16/h3-11,18H,12H2,1-2H3. The first-order valence-electron chi connectivity index (χ1n) is 6.71. The van der Waals surface area contributed by atoms with Crippen LogP contribution in [0.15, 0.2) is 59.0 Å². The molecule has 0 amide bonds. The summed E-state index contributed by atoms with van der Waals surface area (Å²) in [5, 5.41) is 4.54. The highest BCUT2D eigenvalue weighted by Gasteiger charge is 2.03. The van der Waals surface area contributed by atoms with Crippen molar-refractivity contribution in [3.63, 3.8) is 0 Å². The fraction of sp³-hybridized carbons (Fsp3) is 0.176. The Labute approximate surface area is 118 Å². The van der Waals surface area contributed by atoms with Crippen molar-refractivity contribution in [2.24, 2.45) is 0 Å². The van der Waals surface area contributed by atoms with Crippen molar-refractivity contribution < 1.29 is 4.42 Å². The van der Waals surface area contributed by atoms with Gasteiger partial charge in [0.25, 0.3) is 0 Å². The second-order valence-electron chi connectivity index (χ2n) is 5.05. The minimum absolute atomic E-state index is 0.686. The van der Waals surface area contributed by atoms with Gasteiger partial charge in [0.05, 0.1) is 6.54 Å². The van der Waals surface area contributed by atoms with Gasteiger partial charge in [-0.15, -0.1) is 0 Å². The average Bonchev–Trinajstić information content (AvgIpc) is 2.88. The number of fused-ring (bicyclic) bond motifs is 1. The summed E-state index contributed by atoms with van der Waals surface area (Å²) < 4.78 is 5.79. The monoisotopic (exact) mass is 266 g/mol. The van der Waals surface area contributed by atoms with Crippen molar-refractivity contribution in [2.75, 3.05) is 24.3 Å². The van der Waals surface area contributed by atoms with Gasteiger partial charge in [-0.05, 0) is 30.3 Å². The van der Waals surface area contributed by atoms with E-state index < -0.39 is 0 Å². The second kappa shape index (κ2) is 5.29. The summed E-state index contributed by atoms with van der Waals surface area (Å²) in [5.41, 5.74) is 3.21. The zero-order valence-corrected chi connectivity index (χ0v) is 11.8. The van der Waals surface area contributed by atoms with Crippen molar-refractivity contribution in [2.45, 2.75) is 6.54 Å². The Hall–Kier alpha value is -2.42. The number of nitrogens with zero attached hydrogens (tertiary/aromatic N) is 1. The second-order valence-corrected chi connectivity index (χ2v) is 5.05. The largest absolute Gasteiger partial charge is 0.459 e. The first kappa shape index (κ1) is 12.6. The van der Waals surface area contributed by atoms with E-state index in [-0.39, 0.29) is 0 Å². The molecule has 1 aromatic heterocycles. The van der Waals surface area contributed by atoms with Gasteiger partial charge in [-0.3, -0.25) is 0 Å². The maximum absolute atomic E-state index is 5.79. The average molecular weight is 266 g/mol. The van der Waals surface area contributed by atoms with E-state index in [1.807, 2.05) is 32.3 Å². The van der Waals surface area contributed by atoms with Crippen LogP contribution in [-0.2, 0) is 6.54 Å². The van der Waals surface area contributed by atoms with Gasteiger partial charge in [-0.25, -0.2) is 0 Å². The van der Waals surface area contributed by atoms with Crippen LogP contribution in [-0.4, -0.2) is 14.1 Å². The van der Waals surface area contributed by atoms with Crippen molar-refractivity contribution >= 4 is 22.3 Å². The maximum Gasteiger partial charge on any atom is 0.134 e. The molecule has 3 aromatic rings. The normalized spacial score (nSPS) is 10.7. The summed E-state index contributed by atoms with van der Waals surface area (Å²) in [6.07, 6.45) is 0. The summed E-state index contributed by atoms with van der Waals surface area (Å²) in [5.74, 6) is 0.946. The van der Waals surface area contributed by atoms with Gasteiger partial charge in [0.15, 0.2) is 0 Å². The molecule has 0 fully saturated rings. The van der Waals surface area contributed by atoms with Gasteiger partial charge in [0, 0.05) is 30.9 Å². The van der Waals surface area contributed by atoms with Crippen LogP contribution in [0.1, 0.15) is 5.76 Å². The van der Waals surface area contributed by atoms with E-state index in [1.165, 1.54) is 5.69 Å². The van der Waals surface area contributed by atoms with Gasteiger partial charge in [0.1, 0.15) is 11.3 Å². The lowest BCUT2D eigenvalue weighted by Crippen LogP contribution is -2.09. The molecule has 3 heteroatoms. The molecule has 1 N–H and O–H groups in total. The van der Waals surface area contributed by atoms with E-state index in [0.717, 1.165) is 22.4 Å². The molecule has 0 saturated heterocycles. The van der Waals surface area contributed by atoms with E-state index in [2.05, 4.69) is 46.6 Å². The third-order valence-electron chi connectivity index (χ3n) is 3.31. The number of para-hydroxylation sites is 1. The van der Waals surface area contributed by atoms with E-state index in [9.17, 15) is 0 Å². The molecule has 0 spiro atoms. The molecular formula is C17H18N2O. The van der Waals surface area contributed by atoms with Gasteiger partial charge in [-0.2, -0.15) is 0 Å². The summed E-state index contributed by atoms with van der Waals surface area (Å²) in [7, 11) is 4.08. The molecule has 20 heavy (non-hydrogen) atoms. The molecule has 3 rings (SSSR count). The molecule has 1 heterocycles. The summed E-state index contributed by atoms with van der Waals surface area (Å²) in [6.45, 7) is 0.686. The van der Waals surface area contributed by atoms with Crippen LogP contribution in [0.4, 0.5) is 11.4 Å². The third kappa shape index (κ3) is 2.62. The minimum atomic E-state index is 0.686. The minimum Gasteiger partial charge on any atom is -0.459 e. The summed E-state index contributed by atoms with van der Waals surface area (Å²) >= 11 is 0. The van der Waals surface area contributed by atoms with E-state index in [1.54, 1.807) is 0 Å². The van der Waals surface area contributed by atoms with E-state index in [4.69, 9.17) is 4.42 Å². The Balaban J connectivity index is 1.74. The molecule has 0 aliphatic rings. The van der Waals surface area contributed by atoms with Crippen LogP contribution >= 0.6 is 0 Å². The fourth-order valence-corrected chi connectivity index (χ4v) is 2.21. The predicted molar refractivity (Wildman–Crippen MR) is 84.3 cm³/mol. The molecule has 3 nitrogen and oxygen atoms in total. The highest BCUT2D eigenvalue weighted by atomic mass is 16.3. The molecule has 2 aromatic carbocycles. The number of hydrogen-bond acceptors (Lipinski definition) is 3. The van der Waals surface area contributed by atoms with Gasteiger partial charge >= 0.3 is 0 Å². The number of rotatable bonds is 4. The molecule has 0 aliphatic carbocycles. The highest BCUT2D eigenvalue weighted by Crippen LogP contribution is 2.21. The Kier molecular flexibility index (Phi) is 3.33. The molecule has 0 bridgehead atoms. The Morgan fingerprint density at radius 1 is 1.00 bits per heavy atom. The van der Waals surface area contributed by atoms with E-state index >= 15 is 0 Å². The van der Waals surface area contributed by atoms with E-state index in [0.29, 0.717) is 6.54 Å². The Bertz CT molecular complexity index is 683. The van der Waals surface area contributed by atoms with Crippen LogP contribution in [0.5, 0.6) is 0 Å². The van der Waals surface area contributed by atoms with Crippen molar-refractivity contribution in [1.29, 1.82) is 0 Å². The van der Waals surface area contributed by atoms with Crippen molar-refractivity contribution in [3.05, 3.63) is 60.4 Å². The molecule has 102 valence electrons. The van der Waals surface area contributed by atoms with Crippen LogP contribution < -0.4 is 10.2 Å². The number of hydrogen-bond donors (Lipinski definition) is 1. The number of benzene rings is 2. The van der Waals surface area contributed by atoms with Crippen molar-refractivity contribution in [3.8, 4) is 0 Å². The Morgan fingerprint density at radius 3 is 2.65 bits per heavy atom. The fourth-order valence-electron chi connectivity index (χ4n) is 2.21. The van der Waals surface area contributed by atoms with Gasteiger partial charge < -0.3 is 14.6 Å². The first-order chi connectivity index (χ1) is 9.72. The quantitative estimate of drug-likeness (QED) is 0.770. The van der Waals surface area contributed by atoms with Crippen molar-refractivity contribution in [1.82, 2.24) is 0 Å². The number of nitrogens with one attached hydrogen (secondary N) is 1. The van der Waals surface area contributed by atoms with Crippen LogP contribution in [0.2, 0.25) is 0 Å². The lowest BCUT2D eigenvalue weighted by atomic mass is 10.2. The lowest BCUT2D eigenvalue weighted by Gasteiger charge is -2.14. The van der Waals surface area contributed by atoms with Gasteiger partial charge in [0.2, 0.25) is 0 Å². The van der Waals surface area contributed by atoms with Gasteiger partial charge in [-0.1, -0.05) is 24.3 Å². The predicted octanol–water partition coefficient (Wildman–Crippen LogP) is 4.11. The lowest BCUT2D eigenvalue weighted by molar-refractivity contribution is 0.559. The molecule has 0 unspecified atom stereocenters. The van der Waals surface area contributed by atoms with Crippen LogP contribution in [0.25, 0.3) is 11.0 Å². The molecular weight excluding hydrogens is 248 g/mol. The topological polar surface area (TPSA) is 28.4 Å². The number of anilines is 2. The third-order valence-corrected chi connectivity index (χ3v) is 3.31. The summed E-state index contributed by atoms with van der Waals surface area (Å²) in [4.78, 5) is 2.09. The molecule has 0 atom stereocenters. The molecule has 0 saturated carbocycles. The smallest absolute Gasteiger partial charge is 0.134 e. The Morgan fingerprint density at radius 2 is 1.85 bits per heavy atom. The summed E-state index contributed by atoms with van der Waals surface area (Å²) in [6, 6.07) is 18.5. The SMILES string of the molecule is CN(C)c1cccc(NCc2cc3ccccc3o2)c1. The maximum atomic E-state index is 5.79. The highest BCUT2D eigenvalue weighted by molar-refractivity contribution is 5.77. The molecule has 0 radical (unpaired) electrons. The van der Waals surface area contributed by atoms with Crippen LogP contribution in [0, 0.1) is 0 Å².